The summed E-state index contributed by atoms with van der Waals surface area (Å²) in [6.45, 7) is 2.42. The molecule has 0 aliphatic carbocycles. The van der Waals surface area contributed by atoms with E-state index in [1.54, 1.807) is 11.0 Å². The van der Waals surface area contributed by atoms with E-state index >= 15 is 0 Å². The van der Waals surface area contributed by atoms with Crippen molar-refractivity contribution in [2.24, 2.45) is 0 Å². The van der Waals surface area contributed by atoms with Crippen molar-refractivity contribution in [3.8, 4) is 0 Å². The minimum Gasteiger partial charge on any atom is -0.324 e. The molecule has 1 atom stereocenters. The van der Waals surface area contributed by atoms with Crippen molar-refractivity contribution in [1.29, 1.82) is 0 Å². The number of nitrogens with zero attached hydrogens (tertiary/aromatic N) is 1. The van der Waals surface area contributed by atoms with E-state index in [0.29, 0.717) is 24.2 Å². The van der Waals surface area contributed by atoms with Gasteiger partial charge in [-0.05, 0) is 42.3 Å². The fourth-order valence-corrected chi connectivity index (χ4v) is 2.99. The third-order valence-electron chi connectivity index (χ3n) is 4.20. The Hall–Kier alpha value is -2.69. The van der Waals surface area contributed by atoms with Crippen molar-refractivity contribution >= 4 is 17.5 Å². The summed E-state index contributed by atoms with van der Waals surface area (Å²) in [7, 11) is 0. The molecule has 0 saturated carbocycles. The summed E-state index contributed by atoms with van der Waals surface area (Å²) in [6, 6.07) is 12.5. The zero-order valence-corrected chi connectivity index (χ0v) is 13.5. The lowest BCUT2D eigenvalue weighted by atomic mass is 10.1. The van der Waals surface area contributed by atoms with Crippen LogP contribution in [0.4, 0.5) is 10.1 Å². The number of hydrogen-bond acceptors (Lipinski definition) is 2. The molecule has 0 spiro atoms. The van der Waals surface area contributed by atoms with Crippen LogP contribution in [0, 0.1) is 5.82 Å². The molecule has 0 bridgehead atoms. The van der Waals surface area contributed by atoms with Crippen LogP contribution < -0.4 is 5.32 Å². The van der Waals surface area contributed by atoms with Gasteiger partial charge in [-0.2, -0.15) is 0 Å². The largest absolute Gasteiger partial charge is 0.324 e. The third kappa shape index (κ3) is 3.15. The van der Waals surface area contributed by atoms with Crippen molar-refractivity contribution < 1.29 is 14.0 Å². The highest BCUT2D eigenvalue weighted by Crippen LogP contribution is 2.26. The molecule has 2 amide bonds. The molecule has 1 aliphatic heterocycles. The monoisotopic (exact) mass is 326 g/mol. The number of nitrogens with one attached hydrogen (secondary N) is 1. The Morgan fingerprint density at radius 3 is 2.58 bits per heavy atom. The summed E-state index contributed by atoms with van der Waals surface area (Å²) in [4.78, 5) is 26.9. The predicted molar refractivity (Wildman–Crippen MR) is 90.0 cm³/mol. The molecule has 0 fully saturated rings. The van der Waals surface area contributed by atoms with E-state index in [0.717, 1.165) is 12.0 Å². The molecule has 0 saturated heterocycles. The standard InChI is InChI=1S/C19H19FN2O2/c1-2-5-17(18(23)21-15-10-8-14(20)9-11-15)22-12-13-6-3-4-7-16(13)19(22)24/h3-4,6-11,17H,2,5,12H2,1H3,(H,21,23). The van der Waals surface area contributed by atoms with Gasteiger partial charge in [-0.15, -0.1) is 0 Å². The van der Waals surface area contributed by atoms with Gasteiger partial charge in [-0.3, -0.25) is 9.59 Å². The van der Waals surface area contributed by atoms with Crippen molar-refractivity contribution in [2.75, 3.05) is 5.32 Å². The van der Waals surface area contributed by atoms with Gasteiger partial charge < -0.3 is 10.2 Å². The fourth-order valence-electron chi connectivity index (χ4n) is 2.99. The highest BCUT2D eigenvalue weighted by atomic mass is 19.1. The minimum absolute atomic E-state index is 0.113. The lowest BCUT2D eigenvalue weighted by molar-refractivity contribution is -0.120. The summed E-state index contributed by atoms with van der Waals surface area (Å²) >= 11 is 0. The van der Waals surface area contributed by atoms with E-state index in [4.69, 9.17) is 0 Å². The Kier molecular flexibility index (Phi) is 4.60. The Balaban J connectivity index is 1.79. The molecule has 2 aromatic rings. The van der Waals surface area contributed by atoms with Crippen molar-refractivity contribution in [3.63, 3.8) is 0 Å². The first-order valence-corrected chi connectivity index (χ1v) is 8.05. The first kappa shape index (κ1) is 16.2. The molecule has 2 aromatic carbocycles. The SMILES string of the molecule is CCCC(C(=O)Nc1ccc(F)cc1)N1Cc2ccccc2C1=O. The number of rotatable bonds is 5. The Morgan fingerprint density at radius 1 is 1.21 bits per heavy atom. The Morgan fingerprint density at radius 2 is 1.92 bits per heavy atom. The van der Waals surface area contributed by atoms with Crippen molar-refractivity contribution in [2.45, 2.75) is 32.4 Å². The molecule has 24 heavy (non-hydrogen) atoms. The fraction of sp³-hybridized carbons (Fsp3) is 0.263. The molecular formula is C19H19FN2O2. The van der Waals surface area contributed by atoms with Gasteiger partial charge in [-0.1, -0.05) is 31.5 Å². The van der Waals surface area contributed by atoms with Gasteiger partial charge in [0.2, 0.25) is 5.91 Å². The summed E-state index contributed by atoms with van der Waals surface area (Å²) < 4.78 is 13.0. The molecule has 0 radical (unpaired) electrons. The maximum Gasteiger partial charge on any atom is 0.255 e. The molecule has 4 nitrogen and oxygen atoms in total. The van der Waals surface area contributed by atoms with E-state index in [-0.39, 0.29) is 17.6 Å². The van der Waals surface area contributed by atoms with Crippen LogP contribution in [-0.2, 0) is 11.3 Å². The van der Waals surface area contributed by atoms with Crippen LogP contribution in [0.3, 0.4) is 0 Å². The van der Waals surface area contributed by atoms with E-state index in [1.165, 1.54) is 24.3 Å². The highest BCUT2D eigenvalue weighted by Gasteiger charge is 2.35. The van der Waals surface area contributed by atoms with E-state index in [2.05, 4.69) is 5.32 Å². The number of carbonyl (C=O) groups excluding carboxylic acids is 2. The van der Waals surface area contributed by atoms with Crippen LogP contribution in [0.25, 0.3) is 0 Å². The maximum atomic E-state index is 13.0. The van der Waals surface area contributed by atoms with Crippen molar-refractivity contribution in [1.82, 2.24) is 4.90 Å². The predicted octanol–water partition coefficient (Wildman–Crippen LogP) is 3.59. The number of hydrogen-bond donors (Lipinski definition) is 1. The van der Waals surface area contributed by atoms with Crippen LogP contribution in [0.5, 0.6) is 0 Å². The number of benzene rings is 2. The van der Waals surface area contributed by atoms with Gasteiger partial charge in [0.05, 0.1) is 0 Å². The molecule has 3 rings (SSSR count). The third-order valence-corrected chi connectivity index (χ3v) is 4.20. The average Bonchev–Trinajstić information content (AvgIpc) is 2.92. The summed E-state index contributed by atoms with van der Waals surface area (Å²) in [5.74, 6) is -0.716. The number of carbonyl (C=O) groups is 2. The maximum absolute atomic E-state index is 13.0. The zero-order valence-electron chi connectivity index (χ0n) is 13.5. The van der Waals surface area contributed by atoms with Crippen LogP contribution in [0.15, 0.2) is 48.5 Å². The van der Waals surface area contributed by atoms with Crippen LogP contribution in [0.1, 0.15) is 35.7 Å². The molecule has 1 N–H and O–H groups in total. The first-order chi connectivity index (χ1) is 11.6. The van der Waals surface area contributed by atoms with Gasteiger partial charge in [0.1, 0.15) is 11.9 Å². The van der Waals surface area contributed by atoms with Crippen LogP contribution >= 0.6 is 0 Å². The molecule has 1 unspecified atom stereocenters. The van der Waals surface area contributed by atoms with Gasteiger partial charge >= 0.3 is 0 Å². The smallest absolute Gasteiger partial charge is 0.255 e. The number of amides is 2. The van der Waals surface area contributed by atoms with Crippen LogP contribution in [-0.4, -0.2) is 22.8 Å². The van der Waals surface area contributed by atoms with E-state index < -0.39 is 6.04 Å². The minimum atomic E-state index is -0.542. The number of halogens is 1. The molecule has 0 aromatic heterocycles. The zero-order chi connectivity index (χ0) is 17.1. The average molecular weight is 326 g/mol. The van der Waals surface area contributed by atoms with E-state index in [9.17, 15) is 14.0 Å². The first-order valence-electron chi connectivity index (χ1n) is 8.05. The van der Waals surface area contributed by atoms with Gasteiger partial charge in [0.15, 0.2) is 0 Å². The number of anilines is 1. The second kappa shape index (κ2) is 6.83. The molecule has 124 valence electrons. The summed E-state index contributed by atoms with van der Waals surface area (Å²) in [5.41, 5.74) is 2.12. The lowest BCUT2D eigenvalue weighted by Crippen LogP contribution is -2.44. The van der Waals surface area contributed by atoms with Gasteiger partial charge in [-0.25, -0.2) is 4.39 Å². The van der Waals surface area contributed by atoms with Gasteiger partial charge in [0.25, 0.3) is 5.91 Å². The van der Waals surface area contributed by atoms with E-state index in [1.807, 2.05) is 25.1 Å². The highest BCUT2D eigenvalue weighted by molar-refractivity contribution is 6.03. The normalized spacial score (nSPS) is 14.4. The van der Waals surface area contributed by atoms with Gasteiger partial charge in [0, 0.05) is 17.8 Å². The lowest BCUT2D eigenvalue weighted by Gasteiger charge is -2.26. The van der Waals surface area contributed by atoms with Crippen molar-refractivity contribution in [3.05, 3.63) is 65.5 Å². The molecule has 1 heterocycles. The second-order valence-electron chi connectivity index (χ2n) is 5.89. The summed E-state index contributed by atoms with van der Waals surface area (Å²) in [6.07, 6.45) is 1.36. The molecule has 1 aliphatic rings. The Labute approximate surface area is 140 Å². The quantitative estimate of drug-likeness (QED) is 0.913. The second-order valence-corrected chi connectivity index (χ2v) is 5.89. The molecular weight excluding hydrogens is 307 g/mol. The van der Waals surface area contributed by atoms with Crippen LogP contribution in [0.2, 0.25) is 0 Å². The topological polar surface area (TPSA) is 49.4 Å². The Bertz CT molecular complexity index is 758. The number of fused-ring (bicyclic) bond motifs is 1. The molecule has 5 heteroatoms. The summed E-state index contributed by atoms with van der Waals surface area (Å²) in [5, 5.41) is 2.78.